The zero-order valence-corrected chi connectivity index (χ0v) is 19.8. The van der Waals surface area contributed by atoms with Gasteiger partial charge in [0.2, 0.25) is 5.88 Å². The van der Waals surface area contributed by atoms with Gasteiger partial charge in [0.15, 0.2) is 11.6 Å². The van der Waals surface area contributed by atoms with E-state index in [0.717, 1.165) is 42.4 Å². The highest BCUT2D eigenvalue weighted by Crippen LogP contribution is 2.36. The highest BCUT2D eigenvalue weighted by atomic mass is 32.2. The molecule has 0 radical (unpaired) electrons. The lowest BCUT2D eigenvalue weighted by Gasteiger charge is -2.25. The molecule has 176 valence electrons. The number of hydrazine groups is 1. The van der Waals surface area contributed by atoms with E-state index in [0.29, 0.717) is 34.5 Å². The SMILES string of the molecule is CNc1nc(Oc2cnc(C#N)cc2C)cc(Nc2ccc(SN3CCOCC3)cc2)c1NN. The molecular formula is C23H26N8O2S. The fourth-order valence-corrected chi connectivity index (χ4v) is 4.25. The minimum absolute atomic E-state index is 0.328. The van der Waals surface area contributed by atoms with Gasteiger partial charge < -0.3 is 25.5 Å². The van der Waals surface area contributed by atoms with Gasteiger partial charge in [0, 0.05) is 36.8 Å². The number of morpholine rings is 1. The molecule has 1 aliphatic heterocycles. The van der Waals surface area contributed by atoms with E-state index in [2.05, 4.69) is 42.5 Å². The molecule has 11 heteroatoms. The summed E-state index contributed by atoms with van der Waals surface area (Å²) in [5.41, 5.74) is 5.98. The van der Waals surface area contributed by atoms with Gasteiger partial charge in [-0.2, -0.15) is 10.2 Å². The van der Waals surface area contributed by atoms with Gasteiger partial charge >= 0.3 is 0 Å². The minimum atomic E-state index is 0.328. The maximum atomic E-state index is 9.03. The summed E-state index contributed by atoms with van der Waals surface area (Å²) in [5.74, 6) is 7.17. The van der Waals surface area contributed by atoms with Crippen LogP contribution in [-0.4, -0.2) is 47.6 Å². The molecule has 1 saturated heterocycles. The second kappa shape index (κ2) is 11.0. The Morgan fingerprint density at radius 3 is 2.62 bits per heavy atom. The summed E-state index contributed by atoms with van der Waals surface area (Å²) in [5, 5.41) is 15.5. The molecule has 0 amide bonds. The monoisotopic (exact) mass is 478 g/mol. The van der Waals surface area contributed by atoms with Gasteiger partial charge in [0.25, 0.3) is 0 Å². The van der Waals surface area contributed by atoms with E-state index in [-0.39, 0.29) is 0 Å². The van der Waals surface area contributed by atoms with Crippen molar-refractivity contribution in [2.45, 2.75) is 11.8 Å². The maximum Gasteiger partial charge on any atom is 0.223 e. The molecule has 5 N–H and O–H groups in total. The third kappa shape index (κ3) is 5.67. The number of anilines is 4. The van der Waals surface area contributed by atoms with Crippen molar-refractivity contribution in [2.24, 2.45) is 5.84 Å². The number of rotatable bonds is 8. The second-order valence-electron chi connectivity index (χ2n) is 7.46. The molecule has 0 bridgehead atoms. The predicted molar refractivity (Wildman–Crippen MR) is 133 cm³/mol. The molecule has 34 heavy (non-hydrogen) atoms. The molecule has 1 aromatic carbocycles. The maximum absolute atomic E-state index is 9.03. The second-order valence-corrected chi connectivity index (χ2v) is 8.63. The highest BCUT2D eigenvalue weighted by Gasteiger charge is 2.15. The number of nitrogens with two attached hydrogens (primary N) is 1. The summed E-state index contributed by atoms with van der Waals surface area (Å²) in [6.45, 7) is 5.20. The van der Waals surface area contributed by atoms with E-state index in [4.69, 9.17) is 20.6 Å². The van der Waals surface area contributed by atoms with Crippen LogP contribution in [0.25, 0.3) is 0 Å². The lowest BCUT2D eigenvalue weighted by Crippen LogP contribution is -2.30. The zero-order chi connectivity index (χ0) is 23.9. The zero-order valence-electron chi connectivity index (χ0n) is 19.0. The topological polar surface area (TPSA) is 133 Å². The number of hydrogen-bond donors (Lipinski definition) is 4. The molecule has 0 spiro atoms. The Labute approximate surface area is 202 Å². The average molecular weight is 479 g/mol. The van der Waals surface area contributed by atoms with Crippen LogP contribution in [0, 0.1) is 18.3 Å². The van der Waals surface area contributed by atoms with Gasteiger partial charge in [-0.1, -0.05) is 0 Å². The Hall–Kier alpha value is -3.56. The number of benzene rings is 1. The van der Waals surface area contributed by atoms with E-state index in [1.165, 1.54) is 6.20 Å². The van der Waals surface area contributed by atoms with Crippen LogP contribution in [0.4, 0.5) is 22.9 Å². The lowest BCUT2D eigenvalue weighted by molar-refractivity contribution is 0.0773. The molecule has 3 heterocycles. The molecular weight excluding hydrogens is 452 g/mol. The lowest BCUT2D eigenvalue weighted by atomic mass is 10.2. The third-order valence-corrected chi connectivity index (χ3v) is 6.21. The largest absolute Gasteiger partial charge is 0.437 e. The van der Waals surface area contributed by atoms with Crippen molar-refractivity contribution in [3.63, 3.8) is 0 Å². The Morgan fingerprint density at radius 1 is 1.21 bits per heavy atom. The van der Waals surface area contributed by atoms with Crippen molar-refractivity contribution in [2.75, 3.05) is 49.4 Å². The Kier molecular flexibility index (Phi) is 7.66. The van der Waals surface area contributed by atoms with Gasteiger partial charge in [-0.15, -0.1) is 0 Å². The van der Waals surface area contributed by atoms with E-state index < -0.39 is 0 Å². The molecule has 0 saturated carbocycles. The van der Waals surface area contributed by atoms with E-state index in [1.807, 2.05) is 25.1 Å². The molecule has 0 aliphatic carbocycles. The minimum Gasteiger partial charge on any atom is -0.437 e. The Bertz CT molecular complexity index is 1180. The van der Waals surface area contributed by atoms with E-state index >= 15 is 0 Å². The molecule has 4 rings (SSSR count). The first-order valence-corrected chi connectivity index (χ1v) is 11.5. The fourth-order valence-electron chi connectivity index (χ4n) is 3.37. The molecule has 1 fully saturated rings. The van der Waals surface area contributed by atoms with Crippen molar-refractivity contribution in [1.29, 1.82) is 5.26 Å². The number of nitrogens with one attached hydrogen (secondary N) is 3. The number of nitrogen functional groups attached to an aromatic ring is 1. The molecule has 0 atom stereocenters. The molecule has 1 aliphatic rings. The Morgan fingerprint density at radius 2 is 1.97 bits per heavy atom. The number of aromatic nitrogens is 2. The summed E-state index contributed by atoms with van der Waals surface area (Å²) in [6, 6.07) is 13.6. The first kappa shape index (κ1) is 23.6. The van der Waals surface area contributed by atoms with Crippen molar-refractivity contribution in [1.82, 2.24) is 14.3 Å². The Balaban J connectivity index is 1.55. The first-order chi connectivity index (χ1) is 16.6. The molecule has 0 unspecified atom stereocenters. The van der Waals surface area contributed by atoms with E-state index in [1.54, 1.807) is 31.1 Å². The van der Waals surface area contributed by atoms with Gasteiger partial charge in [-0.3, -0.25) is 5.84 Å². The van der Waals surface area contributed by atoms with Crippen LogP contribution in [0.1, 0.15) is 11.3 Å². The normalized spacial score (nSPS) is 13.7. The summed E-state index contributed by atoms with van der Waals surface area (Å²) in [7, 11) is 1.75. The predicted octanol–water partition coefficient (Wildman–Crippen LogP) is 3.86. The summed E-state index contributed by atoms with van der Waals surface area (Å²) < 4.78 is 13.7. The van der Waals surface area contributed by atoms with Crippen molar-refractivity contribution in [3.8, 4) is 17.7 Å². The van der Waals surface area contributed by atoms with Gasteiger partial charge in [-0.25, -0.2) is 9.29 Å². The van der Waals surface area contributed by atoms with Crippen LogP contribution < -0.4 is 26.6 Å². The van der Waals surface area contributed by atoms with Crippen molar-refractivity contribution >= 4 is 34.8 Å². The highest BCUT2D eigenvalue weighted by molar-refractivity contribution is 7.97. The van der Waals surface area contributed by atoms with Crippen LogP contribution in [0.15, 0.2) is 47.5 Å². The van der Waals surface area contributed by atoms with Crippen LogP contribution in [0.2, 0.25) is 0 Å². The number of ether oxygens (including phenoxy) is 2. The van der Waals surface area contributed by atoms with Gasteiger partial charge in [0.05, 0.1) is 25.1 Å². The summed E-state index contributed by atoms with van der Waals surface area (Å²) in [6.07, 6.45) is 1.52. The molecule has 10 nitrogen and oxygen atoms in total. The summed E-state index contributed by atoms with van der Waals surface area (Å²) >= 11 is 1.73. The summed E-state index contributed by atoms with van der Waals surface area (Å²) in [4.78, 5) is 9.73. The number of nitriles is 1. The van der Waals surface area contributed by atoms with Gasteiger partial charge in [-0.05, 0) is 54.8 Å². The number of pyridine rings is 2. The van der Waals surface area contributed by atoms with Crippen LogP contribution in [-0.2, 0) is 4.74 Å². The average Bonchev–Trinajstić information content (AvgIpc) is 2.86. The van der Waals surface area contributed by atoms with Crippen LogP contribution in [0.5, 0.6) is 11.6 Å². The third-order valence-electron chi connectivity index (χ3n) is 5.11. The van der Waals surface area contributed by atoms with Crippen molar-refractivity contribution < 1.29 is 9.47 Å². The van der Waals surface area contributed by atoms with Gasteiger partial charge in [0.1, 0.15) is 17.5 Å². The molecule has 3 aromatic rings. The standard InChI is InChI=1S/C23H26N8O2S/c1-15-11-17(13-24)27-14-20(15)33-21-12-19(22(30-25)23(26-2)29-21)28-16-3-5-18(6-4-16)34-31-7-9-32-10-8-31/h3-6,11-12,14,30H,7-10,25H2,1-2H3,(H2,26,28,29). The van der Waals surface area contributed by atoms with Crippen LogP contribution >= 0.6 is 11.9 Å². The fraction of sp³-hybridized carbons (Fsp3) is 0.261. The van der Waals surface area contributed by atoms with Crippen LogP contribution in [0.3, 0.4) is 0 Å². The van der Waals surface area contributed by atoms with E-state index in [9.17, 15) is 0 Å². The number of hydrogen-bond acceptors (Lipinski definition) is 11. The number of aryl methyl sites for hydroxylation is 1. The smallest absolute Gasteiger partial charge is 0.223 e. The van der Waals surface area contributed by atoms with Crippen molar-refractivity contribution in [3.05, 3.63) is 53.9 Å². The number of nitrogens with zero attached hydrogens (tertiary/aromatic N) is 4. The first-order valence-electron chi connectivity index (χ1n) is 10.7. The quantitative estimate of drug-likeness (QED) is 0.214. The molecule has 2 aromatic heterocycles.